The molecule has 164 valence electrons. The van der Waals surface area contributed by atoms with Crippen LogP contribution in [0.15, 0.2) is 71.6 Å². The maximum absolute atomic E-state index is 12.7. The highest BCUT2D eigenvalue weighted by molar-refractivity contribution is 7.93. The van der Waals surface area contributed by atoms with Crippen LogP contribution in [-0.2, 0) is 10.0 Å². The van der Waals surface area contributed by atoms with Gasteiger partial charge in [0.15, 0.2) is 5.13 Å². The van der Waals surface area contributed by atoms with Crippen LogP contribution in [0.1, 0.15) is 10.4 Å². The zero-order valence-corrected chi connectivity index (χ0v) is 18.8. The van der Waals surface area contributed by atoms with Crippen LogP contribution in [0.5, 0.6) is 11.5 Å². The minimum absolute atomic E-state index is 0.154. The minimum Gasteiger partial charge on any atom is -0.497 e. The number of carbonyl (C=O) groups excluding carboxylic acids is 1. The Kier molecular flexibility index (Phi) is 5.97. The molecular formula is C22H19N3O5S2. The van der Waals surface area contributed by atoms with E-state index >= 15 is 0 Å². The minimum atomic E-state index is -3.73. The average Bonchev–Trinajstić information content (AvgIpc) is 3.20. The number of amides is 1. The Labute approximate surface area is 188 Å². The summed E-state index contributed by atoms with van der Waals surface area (Å²) in [5, 5.41) is 3.07. The fraction of sp³-hybridized carbons (Fsp3) is 0.0909. The summed E-state index contributed by atoms with van der Waals surface area (Å²) in [4.78, 5) is 17.2. The van der Waals surface area contributed by atoms with Gasteiger partial charge in [-0.25, -0.2) is 13.4 Å². The first-order valence-corrected chi connectivity index (χ1v) is 11.7. The summed E-state index contributed by atoms with van der Waals surface area (Å²) in [5.41, 5.74) is 1.54. The number of benzene rings is 3. The lowest BCUT2D eigenvalue weighted by Crippen LogP contribution is -2.12. The van der Waals surface area contributed by atoms with E-state index in [0.29, 0.717) is 28.3 Å². The Balaban J connectivity index is 1.55. The topological polar surface area (TPSA) is 107 Å². The maximum atomic E-state index is 12.7. The fourth-order valence-corrected chi connectivity index (χ4v) is 5.12. The van der Waals surface area contributed by atoms with Gasteiger partial charge in [-0.05, 0) is 42.5 Å². The van der Waals surface area contributed by atoms with Crippen molar-refractivity contribution in [2.45, 2.75) is 4.90 Å². The number of carbonyl (C=O) groups is 1. The van der Waals surface area contributed by atoms with E-state index in [1.165, 1.54) is 37.7 Å². The number of hydrogen-bond acceptors (Lipinski definition) is 7. The average molecular weight is 470 g/mol. The predicted molar refractivity (Wildman–Crippen MR) is 124 cm³/mol. The van der Waals surface area contributed by atoms with Gasteiger partial charge in [0.25, 0.3) is 15.9 Å². The van der Waals surface area contributed by atoms with E-state index in [2.05, 4.69) is 15.0 Å². The zero-order valence-electron chi connectivity index (χ0n) is 17.2. The van der Waals surface area contributed by atoms with Gasteiger partial charge in [-0.3, -0.25) is 9.52 Å². The third kappa shape index (κ3) is 4.66. The smallest absolute Gasteiger partial charge is 0.263 e. The first-order chi connectivity index (χ1) is 15.4. The first-order valence-electron chi connectivity index (χ1n) is 9.41. The van der Waals surface area contributed by atoms with E-state index in [4.69, 9.17) is 9.47 Å². The van der Waals surface area contributed by atoms with Crippen molar-refractivity contribution >= 4 is 48.3 Å². The molecule has 4 rings (SSSR count). The van der Waals surface area contributed by atoms with E-state index in [1.54, 1.807) is 54.6 Å². The molecule has 0 aliphatic heterocycles. The molecule has 32 heavy (non-hydrogen) atoms. The third-order valence-corrected chi connectivity index (χ3v) is 6.95. The Bertz CT molecular complexity index is 1360. The molecule has 10 heteroatoms. The summed E-state index contributed by atoms with van der Waals surface area (Å²) in [5.74, 6) is 0.668. The van der Waals surface area contributed by atoms with Crippen molar-refractivity contribution in [2.24, 2.45) is 0 Å². The van der Waals surface area contributed by atoms with Crippen LogP contribution < -0.4 is 19.5 Å². The molecule has 1 aromatic heterocycles. The van der Waals surface area contributed by atoms with Crippen molar-refractivity contribution in [2.75, 3.05) is 24.3 Å². The van der Waals surface area contributed by atoms with Gasteiger partial charge in [-0.15, -0.1) is 0 Å². The number of fused-ring (bicyclic) bond motifs is 1. The number of nitrogens with one attached hydrogen (secondary N) is 2. The lowest BCUT2D eigenvalue weighted by atomic mass is 10.1. The lowest BCUT2D eigenvalue weighted by Gasteiger charge is -2.09. The van der Waals surface area contributed by atoms with Gasteiger partial charge < -0.3 is 14.8 Å². The molecule has 1 amide bonds. The Morgan fingerprint density at radius 2 is 1.62 bits per heavy atom. The maximum Gasteiger partial charge on any atom is 0.263 e. The van der Waals surface area contributed by atoms with Gasteiger partial charge in [-0.2, -0.15) is 0 Å². The molecule has 1 heterocycles. The van der Waals surface area contributed by atoms with E-state index in [-0.39, 0.29) is 15.9 Å². The van der Waals surface area contributed by atoms with Crippen molar-refractivity contribution in [3.8, 4) is 11.5 Å². The normalized spacial score (nSPS) is 11.2. The number of rotatable bonds is 7. The van der Waals surface area contributed by atoms with Gasteiger partial charge in [0.2, 0.25) is 0 Å². The SMILES string of the molecule is COc1cc(OC)cc(C(=O)Nc2ccc3nc(NS(=O)(=O)c4ccccc4)sc3c2)c1. The van der Waals surface area contributed by atoms with Crippen molar-refractivity contribution in [1.29, 1.82) is 0 Å². The molecule has 2 N–H and O–H groups in total. The van der Waals surface area contributed by atoms with Crippen LogP contribution >= 0.6 is 11.3 Å². The predicted octanol–water partition coefficient (Wildman–Crippen LogP) is 4.37. The summed E-state index contributed by atoms with van der Waals surface area (Å²) >= 11 is 1.18. The number of hydrogen-bond donors (Lipinski definition) is 2. The number of aromatic nitrogens is 1. The van der Waals surface area contributed by atoms with Crippen molar-refractivity contribution in [3.05, 3.63) is 72.3 Å². The Hall–Kier alpha value is -3.63. The van der Waals surface area contributed by atoms with Gasteiger partial charge in [0.05, 0.1) is 29.3 Å². The quantitative estimate of drug-likeness (QED) is 0.416. The molecule has 0 radical (unpaired) electrons. The van der Waals surface area contributed by atoms with Crippen molar-refractivity contribution in [3.63, 3.8) is 0 Å². The van der Waals surface area contributed by atoms with Crippen molar-refractivity contribution < 1.29 is 22.7 Å². The number of thiazole rings is 1. The molecule has 0 unspecified atom stereocenters. The molecule has 0 fully saturated rings. The van der Waals surface area contributed by atoms with Gasteiger partial charge in [-0.1, -0.05) is 29.5 Å². The van der Waals surface area contributed by atoms with E-state index in [0.717, 1.165) is 4.70 Å². The lowest BCUT2D eigenvalue weighted by molar-refractivity contribution is 0.102. The van der Waals surface area contributed by atoms with E-state index < -0.39 is 10.0 Å². The number of methoxy groups -OCH3 is 2. The zero-order chi connectivity index (χ0) is 22.7. The Morgan fingerprint density at radius 1 is 0.938 bits per heavy atom. The fourth-order valence-electron chi connectivity index (χ4n) is 2.96. The summed E-state index contributed by atoms with van der Waals surface area (Å²) in [6.45, 7) is 0. The number of anilines is 2. The molecule has 0 saturated heterocycles. The Morgan fingerprint density at radius 3 is 2.28 bits per heavy atom. The second-order valence-electron chi connectivity index (χ2n) is 6.68. The monoisotopic (exact) mass is 469 g/mol. The number of sulfonamides is 1. The van der Waals surface area contributed by atoms with Gasteiger partial charge in [0, 0.05) is 17.3 Å². The molecule has 0 spiro atoms. The van der Waals surface area contributed by atoms with Crippen LogP contribution in [0.4, 0.5) is 10.8 Å². The molecular weight excluding hydrogens is 450 g/mol. The van der Waals surface area contributed by atoms with Crippen molar-refractivity contribution in [1.82, 2.24) is 4.98 Å². The molecule has 0 saturated carbocycles. The summed E-state index contributed by atoms with van der Waals surface area (Å²) in [6, 6.07) is 18.1. The molecule has 0 aliphatic rings. The van der Waals surface area contributed by atoms with Gasteiger partial charge >= 0.3 is 0 Å². The van der Waals surface area contributed by atoms with Crippen LogP contribution in [-0.4, -0.2) is 33.5 Å². The standard InChI is InChI=1S/C22H19N3O5S2/c1-29-16-10-14(11-17(13-16)30-2)21(26)23-15-8-9-19-20(12-15)31-22(24-19)25-32(27,28)18-6-4-3-5-7-18/h3-13H,1-2H3,(H,23,26)(H,24,25). The second-order valence-corrected chi connectivity index (χ2v) is 9.39. The highest BCUT2D eigenvalue weighted by atomic mass is 32.2. The summed E-state index contributed by atoms with van der Waals surface area (Å²) in [6.07, 6.45) is 0. The van der Waals surface area contributed by atoms with Gasteiger partial charge in [0.1, 0.15) is 11.5 Å². The third-order valence-electron chi connectivity index (χ3n) is 4.54. The van der Waals surface area contributed by atoms with Crippen LogP contribution in [0.25, 0.3) is 10.2 Å². The molecule has 8 nitrogen and oxygen atoms in total. The largest absolute Gasteiger partial charge is 0.497 e. The van der Waals surface area contributed by atoms with Crippen LogP contribution in [0.3, 0.4) is 0 Å². The molecule has 0 atom stereocenters. The molecule has 0 aliphatic carbocycles. The van der Waals surface area contributed by atoms with E-state index in [1.807, 2.05) is 0 Å². The van der Waals surface area contributed by atoms with Crippen LogP contribution in [0.2, 0.25) is 0 Å². The second kappa shape index (κ2) is 8.85. The first kappa shape index (κ1) is 21.6. The highest BCUT2D eigenvalue weighted by Crippen LogP contribution is 2.30. The number of nitrogens with zero attached hydrogens (tertiary/aromatic N) is 1. The number of ether oxygens (including phenoxy) is 2. The van der Waals surface area contributed by atoms with E-state index in [9.17, 15) is 13.2 Å². The molecule has 0 bridgehead atoms. The highest BCUT2D eigenvalue weighted by Gasteiger charge is 2.17. The summed E-state index contributed by atoms with van der Waals surface area (Å²) in [7, 11) is -0.712. The summed E-state index contributed by atoms with van der Waals surface area (Å²) < 4.78 is 38.7. The molecule has 3 aromatic carbocycles. The van der Waals surface area contributed by atoms with Crippen LogP contribution in [0, 0.1) is 0 Å². The molecule has 4 aromatic rings.